The Kier molecular flexibility index (Phi) is 5.25. The molecule has 2 aliphatic carbocycles. The number of halogens is 3. The van der Waals surface area contributed by atoms with Crippen molar-refractivity contribution in [3.63, 3.8) is 0 Å². The first-order valence-electron chi connectivity index (χ1n) is 12.6. The van der Waals surface area contributed by atoms with Gasteiger partial charge in [0.1, 0.15) is 0 Å². The molecule has 0 atom stereocenters. The van der Waals surface area contributed by atoms with E-state index in [-0.39, 0.29) is 42.9 Å². The Morgan fingerprint density at radius 3 is 1.28 bits per heavy atom. The molecule has 2 saturated carbocycles. The number of benzene rings is 2. The van der Waals surface area contributed by atoms with Crippen LogP contribution in [0.1, 0.15) is 99.2 Å². The predicted molar refractivity (Wildman–Crippen MR) is 124 cm³/mol. The van der Waals surface area contributed by atoms with E-state index >= 15 is 0 Å². The fraction of sp³-hybridized carbons (Fsp3) is 0.481. The molecule has 188 valence electrons. The Bertz CT molecular complexity index is 1250. The second-order valence-corrected chi connectivity index (χ2v) is 10.4. The van der Waals surface area contributed by atoms with Crippen LogP contribution in [0.2, 0.25) is 0 Å². The van der Waals surface area contributed by atoms with Crippen molar-refractivity contribution in [2.75, 3.05) is 0 Å². The lowest BCUT2D eigenvalue weighted by atomic mass is 9.81. The average Bonchev–Trinajstić information content (AvgIpc) is 2.86. The van der Waals surface area contributed by atoms with Crippen molar-refractivity contribution in [1.29, 1.82) is 0 Å². The Labute approximate surface area is 205 Å². The van der Waals surface area contributed by atoms with Crippen LogP contribution in [-0.2, 0) is 0 Å². The van der Waals surface area contributed by atoms with E-state index < -0.39 is 41.8 Å². The molecule has 2 aromatic rings. The summed E-state index contributed by atoms with van der Waals surface area (Å²) in [5.74, 6) is -3.40. The summed E-state index contributed by atoms with van der Waals surface area (Å²) in [7, 11) is 0. The third kappa shape index (κ3) is 3.31. The normalized spacial score (nSPS) is 25.2. The Morgan fingerprint density at radius 2 is 0.917 bits per heavy atom. The largest absolute Gasteiger partial charge is 0.391 e. The van der Waals surface area contributed by atoms with E-state index in [1.165, 1.54) is 17.0 Å². The lowest BCUT2D eigenvalue weighted by Gasteiger charge is -2.39. The van der Waals surface area contributed by atoms with Crippen LogP contribution in [0.4, 0.5) is 13.2 Å². The molecule has 36 heavy (non-hydrogen) atoms. The second kappa shape index (κ2) is 8.15. The molecule has 4 amide bonds. The van der Waals surface area contributed by atoms with E-state index in [4.69, 9.17) is 0 Å². The summed E-state index contributed by atoms with van der Waals surface area (Å²) in [5, 5.41) is 0.624. The van der Waals surface area contributed by atoms with Gasteiger partial charge in [0.25, 0.3) is 23.6 Å². The summed E-state index contributed by atoms with van der Waals surface area (Å²) < 4.78 is 39.4. The number of carbonyl (C=O) groups excluding carboxylic acids is 4. The van der Waals surface area contributed by atoms with Crippen LogP contribution in [-0.4, -0.2) is 51.7 Å². The third-order valence-corrected chi connectivity index (χ3v) is 8.42. The van der Waals surface area contributed by atoms with Crippen LogP contribution in [0.3, 0.4) is 0 Å². The van der Waals surface area contributed by atoms with Crippen molar-refractivity contribution in [1.82, 2.24) is 9.80 Å². The van der Waals surface area contributed by atoms with E-state index in [1.807, 2.05) is 0 Å². The summed E-state index contributed by atoms with van der Waals surface area (Å²) >= 11 is 0. The fourth-order valence-electron chi connectivity index (χ4n) is 6.58. The molecule has 4 aliphatic rings. The minimum atomic E-state index is -4.29. The summed E-state index contributed by atoms with van der Waals surface area (Å²) in [4.78, 5) is 56.4. The SMILES string of the molecule is O=C1c2ccc3c4c(ccc(c24)C(=O)N1C1CCCCC1)C(=O)N(C1CCC(C(F)(F)F)CC1)C3=O. The molecule has 2 heterocycles. The third-order valence-electron chi connectivity index (χ3n) is 8.42. The summed E-state index contributed by atoms with van der Waals surface area (Å²) in [6.07, 6.45) is 0.110. The summed E-state index contributed by atoms with van der Waals surface area (Å²) in [6.45, 7) is 0. The van der Waals surface area contributed by atoms with Crippen LogP contribution in [0, 0.1) is 5.92 Å². The molecule has 0 N–H and O–H groups in total. The lowest BCUT2D eigenvalue weighted by molar-refractivity contribution is -0.183. The number of amides is 4. The Hall–Kier alpha value is -3.23. The smallest absolute Gasteiger partial charge is 0.271 e. The molecule has 9 heteroatoms. The molecule has 2 aromatic carbocycles. The maximum Gasteiger partial charge on any atom is 0.391 e. The molecule has 2 aliphatic heterocycles. The monoisotopic (exact) mass is 498 g/mol. The van der Waals surface area contributed by atoms with Crippen molar-refractivity contribution in [3.05, 3.63) is 46.5 Å². The maximum atomic E-state index is 13.5. The van der Waals surface area contributed by atoms with E-state index in [1.54, 1.807) is 12.1 Å². The number of imide groups is 2. The molecule has 0 unspecified atom stereocenters. The molecule has 6 rings (SSSR count). The molecule has 2 fully saturated rings. The zero-order valence-electron chi connectivity index (χ0n) is 19.6. The zero-order valence-corrected chi connectivity index (χ0v) is 19.6. The van der Waals surface area contributed by atoms with Crippen LogP contribution < -0.4 is 0 Å². The first-order valence-corrected chi connectivity index (χ1v) is 12.6. The van der Waals surface area contributed by atoms with Crippen molar-refractivity contribution < 1.29 is 32.3 Å². The van der Waals surface area contributed by atoms with Gasteiger partial charge in [-0.25, -0.2) is 0 Å². The molecular weight excluding hydrogens is 473 g/mol. The number of alkyl halides is 3. The highest BCUT2D eigenvalue weighted by Crippen LogP contribution is 2.43. The van der Waals surface area contributed by atoms with Gasteiger partial charge in [0.2, 0.25) is 0 Å². The van der Waals surface area contributed by atoms with E-state index in [0.717, 1.165) is 37.0 Å². The average molecular weight is 499 g/mol. The fourth-order valence-corrected chi connectivity index (χ4v) is 6.58. The number of hydrogen-bond acceptors (Lipinski definition) is 4. The van der Waals surface area contributed by atoms with Gasteiger partial charge < -0.3 is 0 Å². The zero-order chi connectivity index (χ0) is 25.4. The van der Waals surface area contributed by atoms with Crippen LogP contribution in [0.25, 0.3) is 10.8 Å². The highest BCUT2D eigenvalue weighted by molar-refractivity contribution is 6.33. The van der Waals surface area contributed by atoms with Gasteiger partial charge in [-0.15, -0.1) is 0 Å². The minimum absolute atomic E-state index is 0.0869. The van der Waals surface area contributed by atoms with E-state index in [2.05, 4.69) is 0 Å². The number of carbonyl (C=O) groups is 4. The van der Waals surface area contributed by atoms with Gasteiger partial charge in [-0.05, 0) is 62.8 Å². The van der Waals surface area contributed by atoms with Gasteiger partial charge in [-0.1, -0.05) is 19.3 Å². The predicted octanol–water partition coefficient (Wildman–Crippen LogP) is 5.49. The van der Waals surface area contributed by atoms with Gasteiger partial charge in [-0.3, -0.25) is 29.0 Å². The summed E-state index contributed by atoms with van der Waals surface area (Å²) in [5.41, 5.74) is 1.01. The van der Waals surface area contributed by atoms with Gasteiger partial charge in [0, 0.05) is 45.1 Å². The van der Waals surface area contributed by atoms with Gasteiger partial charge in [-0.2, -0.15) is 13.2 Å². The van der Waals surface area contributed by atoms with Crippen LogP contribution >= 0.6 is 0 Å². The molecule has 0 radical (unpaired) electrons. The van der Waals surface area contributed by atoms with E-state index in [0.29, 0.717) is 21.9 Å². The van der Waals surface area contributed by atoms with Gasteiger partial charge >= 0.3 is 6.18 Å². The Balaban J connectivity index is 1.39. The molecular formula is C27H25F3N2O4. The quantitative estimate of drug-likeness (QED) is 0.514. The number of nitrogens with zero attached hydrogens (tertiary/aromatic N) is 2. The molecule has 6 nitrogen and oxygen atoms in total. The highest BCUT2D eigenvalue weighted by Gasteiger charge is 2.46. The van der Waals surface area contributed by atoms with Crippen LogP contribution in [0.15, 0.2) is 24.3 Å². The Morgan fingerprint density at radius 1 is 0.556 bits per heavy atom. The first kappa shape index (κ1) is 23.2. The molecule has 0 bridgehead atoms. The van der Waals surface area contributed by atoms with Crippen molar-refractivity contribution in [2.24, 2.45) is 5.92 Å². The van der Waals surface area contributed by atoms with Gasteiger partial charge in [0.15, 0.2) is 0 Å². The van der Waals surface area contributed by atoms with Gasteiger partial charge in [0.05, 0.1) is 5.92 Å². The topological polar surface area (TPSA) is 74.8 Å². The second-order valence-electron chi connectivity index (χ2n) is 10.4. The maximum absolute atomic E-state index is 13.5. The molecule has 0 spiro atoms. The number of hydrogen-bond donors (Lipinski definition) is 0. The lowest BCUT2D eigenvalue weighted by Crippen LogP contribution is -2.50. The molecule has 0 saturated heterocycles. The van der Waals surface area contributed by atoms with Crippen molar-refractivity contribution in [2.45, 2.75) is 76.0 Å². The van der Waals surface area contributed by atoms with Crippen molar-refractivity contribution in [3.8, 4) is 0 Å². The van der Waals surface area contributed by atoms with E-state index in [9.17, 15) is 32.3 Å². The minimum Gasteiger partial charge on any atom is -0.271 e. The standard InChI is InChI=1S/C27H25F3N2O4/c28-27(29,30)14-6-8-16(9-7-14)32-25(35)19-12-10-17-21-18(11-13-20(22(19)21)26(32)36)24(34)31(23(17)33)15-4-2-1-3-5-15/h10-16H,1-9H2. The summed E-state index contributed by atoms with van der Waals surface area (Å²) in [6, 6.07) is 5.33. The first-order chi connectivity index (χ1) is 17.2. The molecule has 0 aromatic heterocycles. The highest BCUT2D eigenvalue weighted by atomic mass is 19.4. The van der Waals surface area contributed by atoms with Crippen LogP contribution in [0.5, 0.6) is 0 Å². The number of rotatable bonds is 2. The van der Waals surface area contributed by atoms with Crippen molar-refractivity contribution >= 4 is 34.4 Å².